The van der Waals surface area contributed by atoms with Gasteiger partial charge in [0.25, 0.3) is 5.91 Å². The summed E-state index contributed by atoms with van der Waals surface area (Å²) >= 11 is 0. The topological polar surface area (TPSA) is 50.1 Å². The molecule has 1 atom stereocenters. The molecule has 0 aliphatic carbocycles. The van der Waals surface area contributed by atoms with Crippen LogP contribution in [0.3, 0.4) is 0 Å². The van der Waals surface area contributed by atoms with Crippen molar-refractivity contribution < 1.29 is 9.53 Å². The molecule has 0 aromatic heterocycles. The Balaban J connectivity index is 3.24. The molecule has 0 aliphatic heterocycles. The van der Waals surface area contributed by atoms with E-state index in [1.54, 1.807) is 0 Å². The van der Waals surface area contributed by atoms with Gasteiger partial charge in [-0.05, 0) is 48.1 Å². The van der Waals surface area contributed by atoms with Gasteiger partial charge in [-0.3, -0.25) is 10.5 Å². The Hall–Kier alpha value is -1.51. The molecular weight excluding hydrogens is 406 g/mol. The molecule has 0 fully saturated rings. The standard InChI is InChI=1S/C30H52NO2/c1-8-11-14-15-18-27(28(31)32)33-26-20-19-24(29(4,5)21-16-12-9-2)23-25(26)30(6,7)22-17-13-10-3/h19-20,23,27,31H,8-18,21-22H2,1-7H3. The molecule has 1 aromatic carbocycles. The van der Waals surface area contributed by atoms with E-state index < -0.39 is 12.0 Å². The summed E-state index contributed by atoms with van der Waals surface area (Å²) in [6.45, 7) is 16.0. The van der Waals surface area contributed by atoms with Gasteiger partial charge in [0.15, 0.2) is 6.10 Å². The summed E-state index contributed by atoms with van der Waals surface area (Å²) in [5, 5.41) is 0. The Morgan fingerprint density at radius 1 is 0.818 bits per heavy atom. The first kappa shape index (κ1) is 29.5. The van der Waals surface area contributed by atoms with Gasteiger partial charge in [0, 0.05) is 5.56 Å². The normalized spacial score (nSPS) is 13.2. The second kappa shape index (κ2) is 14.7. The summed E-state index contributed by atoms with van der Waals surface area (Å²) in [5.41, 5.74) is 10.4. The van der Waals surface area contributed by atoms with Crippen molar-refractivity contribution in [3.8, 4) is 5.75 Å². The number of carbonyl (C=O) groups excluding carboxylic acids is 1. The van der Waals surface area contributed by atoms with Gasteiger partial charge in [-0.15, -0.1) is 0 Å². The number of hydrogen-bond acceptors (Lipinski definition) is 2. The molecule has 0 saturated carbocycles. The third-order valence-corrected chi connectivity index (χ3v) is 7.18. The first-order chi connectivity index (χ1) is 15.6. The van der Waals surface area contributed by atoms with E-state index in [0.29, 0.717) is 6.42 Å². The quantitative estimate of drug-likeness (QED) is 0.206. The van der Waals surface area contributed by atoms with E-state index in [9.17, 15) is 4.79 Å². The maximum atomic E-state index is 12.1. The summed E-state index contributed by atoms with van der Waals surface area (Å²) in [6.07, 6.45) is 13.9. The van der Waals surface area contributed by atoms with Gasteiger partial charge in [0.2, 0.25) is 0 Å². The second-order valence-corrected chi connectivity index (χ2v) is 11.2. The van der Waals surface area contributed by atoms with E-state index in [1.165, 1.54) is 56.1 Å². The fourth-order valence-corrected chi connectivity index (χ4v) is 4.65. The maximum Gasteiger partial charge on any atom is 0.279 e. The SMILES string of the molecule is CCCCCCC(Oc1ccc(C(C)(C)CCCCC)cc1C(C)(C)CCCCC)C([NH])=O. The molecule has 0 bridgehead atoms. The number of benzene rings is 1. The molecule has 189 valence electrons. The van der Waals surface area contributed by atoms with Crippen LogP contribution in [0.5, 0.6) is 5.75 Å². The lowest BCUT2D eigenvalue weighted by atomic mass is 9.74. The zero-order valence-electron chi connectivity index (χ0n) is 22.8. The van der Waals surface area contributed by atoms with E-state index in [2.05, 4.69) is 66.7 Å². The molecule has 1 amide bonds. The highest BCUT2D eigenvalue weighted by atomic mass is 16.5. The van der Waals surface area contributed by atoms with Crippen molar-refractivity contribution in [2.75, 3.05) is 0 Å². The second-order valence-electron chi connectivity index (χ2n) is 11.2. The van der Waals surface area contributed by atoms with Crippen LogP contribution in [0.1, 0.15) is 143 Å². The van der Waals surface area contributed by atoms with Gasteiger partial charge in [0.1, 0.15) is 5.75 Å². The Morgan fingerprint density at radius 3 is 1.91 bits per heavy atom. The highest BCUT2D eigenvalue weighted by molar-refractivity contribution is 5.78. The molecule has 3 heteroatoms. The summed E-state index contributed by atoms with van der Waals surface area (Å²) in [4.78, 5) is 12.1. The van der Waals surface area contributed by atoms with Crippen molar-refractivity contribution in [2.24, 2.45) is 0 Å². The van der Waals surface area contributed by atoms with Crippen LogP contribution in [-0.4, -0.2) is 12.0 Å². The van der Waals surface area contributed by atoms with Gasteiger partial charge in [-0.1, -0.05) is 118 Å². The Labute approximate surface area is 205 Å². The predicted molar refractivity (Wildman–Crippen MR) is 142 cm³/mol. The minimum atomic E-state index is -0.671. The molecule has 0 saturated heterocycles. The van der Waals surface area contributed by atoms with Crippen LogP contribution in [-0.2, 0) is 15.6 Å². The van der Waals surface area contributed by atoms with E-state index in [1.807, 2.05) is 0 Å². The van der Waals surface area contributed by atoms with Crippen molar-refractivity contribution in [2.45, 2.75) is 149 Å². The molecular formula is C30H52NO2. The average Bonchev–Trinajstić information content (AvgIpc) is 2.75. The summed E-state index contributed by atoms with van der Waals surface area (Å²) < 4.78 is 6.31. The number of carbonyl (C=O) groups is 1. The molecule has 3 nitrogen and oxygen atoms in total. The van der Waals surface area contributed by atoms with Crippen LogP contribution in [0.2, 0.25) is 0 Å². The lowest BCUT2D eigenvalue weighted by Crippen LogP contribution is -2.30. The summed E-state index contributed by atoms with van der Waals surface area (Å²) in [7, 11) is 0. The highest BCUT2D eigenvalue weighted by Crippen LogP contribution is 2.40. The number of rotatable bonds is 18. The molecule has 1 aromatic rings. The van der Waals surface area contributed by atoms with Gasteiger partial charge in [-0.2, -0.15) is 0 Å². The summed E-state index contributed by atoms with van der Waals surface area (Å²) in [5.74, 6) is 0.191. The molecule has 1 N–H and O–H groups in total. The molecule has 1 radical (unpaired) electrons. The van der Waals surface area contributed by atoms with Crippen LogP contribution in [0.4, 0.5) is 0 Å². The lowest BCUT2D eigenvalue weighted by Gasteiger charge is -2.32. The Bertz CT molecular complexity index is 693. The number of ether oxygens (including phenoxy) is 1. The van der Waals surface area contributed by atoms with Crippen LogP contribution in [0.15, 0.2) is 18.2 Å². The van der Waals surface area contributed by atoms with E-state index in [0.717, 1.165) is 37.9 Å². The van der Waals surface area contributed by atoms with Crippen molar-refractivity contribution in [1.29, 1.82) is 0 Å². The van der Waals surface area contributed by atoms with E-state index in [-0.39, 0.29) is 10.8 Å². The van der Waals surface area contributed by atoms with E-state index >= 15 is 0 Å². The van der Waals surface area contributed by atoms with Crippen LogP contribution >= 0.6 is 0 Å². The van der Waals surface area contributed by atoms with E-state index in [4.69, 9.17) is 10.5 Å². The molecule has 0 heterocycles. The number of unbranched alkanes of at least 4 members (excludes halogenated alkanes) is 7. The lowest BCUT2D eigenvalue weighted by molar-refractivity contribution is -0.125. The zero-order chi connectivity index (χ0) is 24.9. The number of nitrogens with one attached hydrogen (secondary N) is 1. The molecule has 1 rings (SSSR count). The number of amides is 1. The molecule has 33 heavy (non-hydrogen) atoms. The van der Waals surface area contributed by atoms with Crippen LogP contribution < -0.4 is 10.5 Å². The van der Waals surface area contributed by atoms with Crippen molar-refractivity contribution in [3.05, 3.63) is 29.3 Å². The molecule has 0 spiro atoms. The average molecular weight is 459 g/mol. The third kappa shape index (κ3) is 10.1. The minimum absolute atomic E-state index is 0.0438. The minimum Gasteiger partial charge on any atom is -0.480 e. The van der Waals surface area contributed by atoms with Crippen molar-refractivity contribution >= 4 is 5.91 Å². The van der Waals surface area contributed by atoms with Gasteiger partial charge in [0.05, 0.1) is 0 Å². The zero-order valence-corrected chi connectivity index (χ0v) is 22.8. The third-order valence-electron chi connectivity index (χ3n) is 7.18. The van der Waals surface area contributed by atoms with Crippen LogP contribution in [0.25, 0.3) is 0 Å². The predicted octanol–water partition coefficient (Wildman–Crippen LogP) is 8.93. The fourth-order valence-electron chi connectivity index (χ4n) is 4.65. The molecule has 1 unspecified atom stereocenters. The van der Waals surface area contributed by atoms with Crippen LogP contribution in [0, 0.1) is 0 Å². The summed E-state index contributed by atoms with van der Waals surface area (Å²) in [6, 6.07) is 6.61. The first-order valence-corrected chi connectivity index (χ1v) is 13.7. The largest absolute Gasteiger partial charge is 0.480 e. The van der Waals surface area contributed by atoms with Gasteiger partial charge >= 0.3 is 0 Å². The monoisotopic (exact) mass is 458 g/mol. The molecule has 0 aliphatic rings. The Morgan fingerprint density at radius 2 is 1.36 bits per heavy atom. The highest BCUT2D eigenvalue weighted by Gasteiger charge is 2.30. The van der Waals surface area contributed by atoms with Crippen molar-refractivity contribution in [3.63, 3.8) is 0 Å². The number of hydrogen-bond donors (Lipinski definition) is 0. The van der Waals surface area contributed by atoms with Gasteiger partial charge in [-0.25, -0.2) is 0 Å². The van der Waals surface area contributed by atoms with Gasteiger partial charge < -0.3 is 4.74 Å². The fraction of sp³-hybridized carbons (Fsp3) is 0.767. The van der Waals surface area contributed by atoms with Crippen molar-refractivity contribution in [1.82, 2.24) is 5.73 Å². The first-order valence-electron chi connectivity index (χ1n) is 13.7. The maximum absolute atomic E-state index is 12.1. The smallest absolute Gasteiger partial charge is 0.279 e. The Kier molecular flexibility index (Phi) is 13.1.